The summed E-state index contributed by atoms with van der Waals surface area (Å²) in [6, 6.07) is 8.79. The molecule has 0 bridgehead atoms. The van der Waals surface area contributed by atoms with Gasteiger partial charge < -0.3 is 0 Å². The summed E-state index contributed by atoms with van der Waals surface area (Å²) in [6.07, 6.45) is -9.94. The lowest BCUT2D eigenvalue weighted by Gasteiger charge is -2.14. The van der Waals surface area contributed by atoms with Gasteiger partial charge in [-0.1, -0.05) is 23.7 Å². The van der Waals surface area contributed by atoms with Crippen LogP contribution in [-0.4, -0.2) is 9.97 Å². The summed E-state index contributed by atoms with van der Waals surface area (Å²) in [4.78, 5) is 7.75. The van der Waals surface area contributed by atoms with Crippen molar-refractivity contribution in [2.24, 2.45) is 0 Å². The van der Waals surface area contributed by atoms with E-state index in [9.17, 15) is 26.3 Å². The molecule has 28 heavy (non-hydrogen) atoms. The molecule has 0 aliphatic rings. The average Bonchev–Trinajstić information content (AvgIpc) is 2.59. The van der Waals surface area contributed by atoms with Gasteiger partial charge in [0.05, 0.1) is 22.5 Å². The summed E-state index contributed by atoms with van der Waals surface area (Å²) in [5.41, 5.74) is -2.81. The highest BCUT2D eigenvalue weighted by atomic mass is 35.5. The quantitative estimate of drug-likeness (QED) is 0.314. The van der Waals surface area contributed by atoms with Crippen molar-refractivity contribution < 1.29 is 26.3 Å². The van der Waals surface area contributed by atoms with Crippen molar-refractivity contribution in [3.8, 4) is 22.5 Å². The van der Waals surface area contributed by atoms with E-state index >= 15 is 0 Å². The predicted octanol–water partition coefficient (Wildman–Crippen LogP) is 7.16. The van der Waals surface area contributed by atoms with Crippen LogP contribution in [-0.2, 0) is 12.4 Å². The van der Waals surface area contributed by atoms with E-state index in [1.165, 1.54) is 12.1 Å². The van der Waals surface area contributed by atoms with Crippen molar-refractivity contribution in [1.29, 1.82) is 0 Å². The second kappa shape index (κ2) is 7.25. The Kier molecular flexibility index (Phi) is 5.29. The van der Waals surface area contributed by atoms with Crippen molar-refractivity contribution in [3.05, 3.63) is 70.0 Å². The van der Waals surface area contributed by atoms with Crippen molar-refractivity contribution >= 4 is 23.2 Å². The molecule has 0 saturated heterocycles. The maximum Gasteiger partial charge on any atom is 0.416 e. The predicted molar refractivity (Wildman–Crippen MR) is 92.9 cm³/mol. The number of nitrogens with zero attached hydrogens (tertiary/aromatic N) is 2. The van der Waals surface area contributed by atoms with Crippen LogP contribution in [0.4, 0.5) is 26.3 Å². The van der Waals surface area contributed by atoms with Gasteiger partial charge in [0.1, 0.15) is 0 Å². The maximum absolute atomic E-state index is 13.1. The Morgan fingerprint density at radius 3 is 1.68 bits per heavy atom. The van der Waals surface area contributed by atoms with Crippen molar-refractivity contribution in [3.63, 3.8) is 0 Å². The van der Waals surface area contributed by atoms with E-state index in [4.69, 9.17) is 23.2 Å². The Hall–Kier alpha value is -2.32. The van der Waals surface area contributed by atoms with Crippen LogP contribution in [0, 0.1) is 0 Å². The van der Waals surface area contributed by atoms with Crippen LogP contribution in [0.15, 0.2) is 48.5 Å². The Bertz CT molecular complexity index is 999. The molecule has 0 spiro atoms. The van der Waals surface area contributed by atoms with Gasteiger partial charge in [-0.05, 0) is 48.0 Å². The molecule has 3 rings (SSSR count). The largest absolute Gasteiger partial charge is 0.416 e. The summed E-state index contributed by atoms with van der Waals surface area (Å²) in [5, 5.41) is 0.0330. The highest BCUT2D eigenvalue weighted by Gasteiger charge is 2.37. The molecule has 0 saturated carbocycles. The number of hydrogen-bond acceptors (Lipinski definition) is 2. The Labute approximate surface area is 164 Å². The molecule has 0 aliphatic carbocycles. The molecule has 1 aromatic heterocycles. The Morgan fingerprint density at radius 1 is 0.643 bits per heavy atom. The first-order chi connectivity index (χ1) is 12.9. The van der Waals surface area contributed by atoms with Gasteiger partial charge in [-0.3, -0.25) is 0 Å². The lowest BCUT2D eigenvalue weighted by atomic mass is 10.0. The number of hydrogen-bond donors (Lipinski definition) is 0. The van der Waals surface area contributed by atoms with E-state index in [1.807, 2.05) is 0 Å². The molecule has 1 heterocycles. The van der Waals surface area contributed by atoms with Gasteiger partial charge in [0.25, 0.3) is 0 Å². The van der Waals surface area contributed by atoms with E-state index in [0.717, 1.165) is 0 Å². The van der Waals surface area contributed by atoms with Gasteiger partial charge in [0.2, 0.25) is 5.28 Å². The molecule has 2 aromatic carbocycles. The number of alkyl halides is 6. The molecular weight excluding hydrogens is 429 g/mol. The second-order valence-corrected chi connectivity index (χ2v) is 6.49. The van der Waals surface area contributed by atoms with Gasteiger partial charge in [-0.15, -0.1) is 0 Å². The van der Waals surface area contributed by atoms with Crippen LogP contribution in [0.1, 0.15) is 11.1 Å². The molecule has 0 N–H and O–H groups in total. The summed E-state index contributed by atoms with van der Waals surface area (Å²) < 4.78 is 78.5. The third-order valence-electron chi connectivity index (χ3n) is 3.70. The fourth-order valence-electron chi connectivity index (χ4n) is 2.46. The number of halogens is 8. The van der Waals surface area contributed by atoms with E-state index < -0.39 is 29.0 Å². The van der Waals surface area contributed by atoms with E-state index in [1.54, 1.807) is 18.2 Å². The summed E-state index contributed by atoms with van der Waals surface area (Å²) in [7, 11) is 0. The zero-order valence-corrected chi connectivity index (χ0v) is 15.0. The standard InChI is InChI=1S/C18H8Cl2F6N2/c19-13-3-1-2-9(6-13)14-8-15(28-16(20)27-14)10-4-11(17(21,22)23)7-12(5-10)18(24,25)26/h1-8H. The number of aromatic nitrogens is 2. The lowest BCUT2D eigenvalue weighted by Crippen LogP contribution is -2.11. The first kappa shape index (κ1) is 20.4. The van der Waals surface area contributed by atoms with E-state index in [2.05, 4.69) is 9.97 Å². The third-order valence-corrected chi connectivity index (χ3v) is 4.11. The fraction of sp³-hybridized carbons (Fsp3) is 0.111. The minimum absolute atomic E-state index is 0.0458. The molecule has 0 unspecified atom stereocenters. The zero-order valence-electron chi connectivity index (χ0n) is 13.5. The highest BCUT2D eigenvalue weighted by Crippen LogP contribution is 2.39. The Balaban J connectivity index is 2.20. The monoisotopic (exact) mass is 436 g/mol. The molecule has 2 nitrogen and oxygen atoms in total. The van der Waals surface area contributed by atoms with Crippen molar-refractivity contribution in [2.75, 3.05) is 0 Å². The molecule has 10 heteroatoms. The molecule has 0 amide bonds. The zero-order chi connectivity index (χ0) is 20.7. The maximum atomic E-state index is 13.1. The molecule has 146 valence electrons. The van der Waals surface area contributed by atoms with Gasteiger partial charge in [0.15, 0.2) is 0 Å². The van der Waals surface area contributed by atoms with E-state index in [-0.39, 0.29) is 22.7 Å². The summed E-state index contributed by atoms with van der Waals surface area (Å²) in [6.45, 7) is 0. The highest BCUT2D eigenvalue weighted by molar-refractivity contribution is 6.31. The van der Waals surface area contributed by atoms with Crippen LogP contribution in [0.25, 0.3) is 22.5 Å². The van der Waals surface area contributed by atoms with Crippen LogP contribution < -0.4 is 0 Å². The molecule has 0 fully saturated rings. The second-order valence-electron chi connectivity index (χ2n) is 5.71. The third kappa shape index (κ3) is 4.56. The van der Waals surface area contributed by atoms with Crippen LogP contribution >= 0.6 is 23.2 Å². The first-order valence-electron chi connectivity index (χ1n) is 7.54. The average molecular weight is 437 g/mol. The summed E-state index contributed by atoms with van der Waals surface area (Å²) >= 11 is 11.8. The molecule has 0 atom stereocenters. The van der Waals surface area contributed by atoms with Crippen molar-refractivity contribution in [2.45, 2.75) is 12.4 Å². The lowest BCUT2D eigenvalue weighted by molar-refractivity contribution is -0.143. The molecule has 0 aliphatic heterocycles. The topological polar surface area (TPSA) is 25.8 Å². The molecular formula is C18H8Cl2F6N2. The number of benzene rings is 2. The van der Waals surface area contributed by atoms with Crippen molar-refractivity contribution in [1.82, 2.24) is 9.97 Å². The molecule has 3 aromatic rings. The summed E-state index contributed by atoms with van der Waals surface area (Å²) in [5.74, 6) is 0. The normalized spacial score (nSPS) is 12.3. The van der Waals surface area contributed by atoms with Crippen LogP contribution in [0.5, 0.6) is 0 Å². The van der Waals surface area contributed by atoms with Gasteiger partial charge >= 0.3 is 12.4 Å². The fourth-order valence-corrected chi connectivity index (χ4v) is 2.84. The molecule has 0 radical (unpaired) electrons. The van der Waals surface area contributed by atoms with Gasteiger partial charge in [-0.25, -0.2) is 9.97 Å². The minimum Gasteiger partial charge on any atom is -0.218 e. The van der Waals surface area contributed by atoms with Crippen LogP contribution in [0.2, 0.25) is 10.3 Å². The van der Waals surface area contributed by atoms with Gasteiger partial charge in [-0.2, -0.15) is 26.3 Å². The number of rotatable bonds is 2. The first-order valence-corrected chi connectivity index (χ1v) is 8.29. The SMILES string of the molecule is FC(F)(F)c1cc(-c2cc(-c3cccc(Cl)c3)nc(Cl)n2)cc(C(F)(F)F)c1. The minimum atomic E-state index is -4.97. The van der Waals surface area contributed by atoms with E-state index in [0.29, 0.717) is 22.7 Å². The van der Waals surface area contributed by atoms with Crippen LogP contribution in [0.3, 0.4) is 0 Å². The smallest absolute Gasteiger partial charge is 0.218 e. The Morgan fingerprint density at radius 2 is 1.18 bits per heavy atom. The van der Waals surface area contributed by atoms with Gasteiger partial charge in [0, 0.05) is 16.1 Å².